The normalized spacial score (nSPS) is 12.4. The van der Waals surface area contributed by atoms with Gasteiger partial charge in [-0.3, -0.25) is 0 Å². The molecule has 8 heteroatoms. The predicted octanol–water partition coefficient (Wildman–Crippen LogP) is 4.58. The van der Waals surface area contributed by atoms with Crippen LogP contribution >= 0.6 is 0 Å². The molecule has 1 atom stereocenters. The standard InChI is InChI=1S/C22H18FN7/c1-12-4-3-5-16-17(12)30-19(14-6-8-15(23)9-7-14)18(29-16)13(2)28-22-20-21(25-10-24-20)26-11-27-22/h3-11,13H,1-2H3,(H2,24,25,26,27,28). The molecule has 3 aromatic heterocycles. The minimum Gasteiger partial charge on any atom is -0.360 e. The topological polar surface area (TPSA) is 92.3 Å². The Kier molecular flexibility index (Phi) is 4.31. The van der Waals surface area contributed by atoms with Crippen molar-refractivity contribution in [3.63, 3.8) is 0 Å². The number of fused-ring (bicyclic) bond motifs is 2. The van der Waals surface area contributed by atoms with Crippen LogP contribution in [0.15, 0.2) is 55.1 Å². The maximum Gasteiger partial charge on any atom is 0.162 e. The first-order valence-corrected chi connectivity index (χ1v) is 9.54. The van der Waals surface area contributed by atoms with E-state index in [1.807, 2.05) is 32.0 Å². The molecule has 3 heterocycles. The van der Waals surface area contributed by atoms with E-state index in [2.05, 4.69) is 25.3 Å². The van der Waals surface area contributed by atoms with Gasteiger partial charge in [0.1, 0.15) is 17.7 Å². The number of halogens is 1. The molecule has 1 unspecified atom stereocenters. The molecule has 2 aromatic carbocycles. The van der Waals surface area contributed by atoms with Crippen LogP contribution in [-0.2, 0) is 0 Å². The van der Waals surface area contributed by atoms with E-state index >= 15 is 0 Å². The maximum atomic E-state index is 13.5. The van der Waals surface area contributed by atoms with Gasteiger partial charge in [0.2, 0.25) is 0 Å². The number of anilines is 1. The fourth-order valence-electron chi connectivity index (χ4n) is 3.50. The van der Waals surface area contributed by atoms with Crippen LogP contribution in [0.2, 0.25) is 0 Å². The molecule has 2 N–H and O–H groups in total. The van der Waals surface area contributed by atoms with E-state index < -0.39 is 0 Å². The second-order valence-corrected chi connectivity index (χ2v) is 7.10. The summed E-state index contributed by atoms with van der Waals surface area (Å²) < 4.78 is 13.5. The third kappa shape index (κ3) is 3.12. The van der Waals surface area contributed by atoms with Crippen LogP contribution in [-0.4, -0.2) is 29.9 Å². The molecule has 0 saturated carbocycles. The Morgan fingerprint density at radius 1 is 0.967 bits per heavy atom. The predicted molar refractivity (Wildman–Crippen MR) is 113 cm³/mol. The van der Waals surface area contributed by atoms with Gasteiger partial charge in [0.05, 0.1) is 34.8 Å². The molecule has 5 rings (SSSR count). The van der Waals surface area contributed by atoms with Crippen molar-refractivity contribution in [2.75, 3.05) is 5.32 Å². The molecule has 0 fully saturated rings. The average molecular weight is 399 g/mol. The quantitative estimate of drug-likeness (QED) is 0.459. The van der Waals surface area contributed by atoms with Gasteiger partial charge in [-0.15, -0.1) is 0 Å². The lowest BCUT2D eigenvalue weighted by Crippen LogP contribution is -2.13. The summed E-state index contributed by atoms with van der Waals surface area (Å²) in [4.78, 5) is 25.6. The van der Waals surface area contributed by atoms with Crippen molar-refractivity contribution in [3.8, 4) is 11.3 Å². The first kappa shape index (κ1) is 18.1. The Bertz CT molecular complexity index is 1360. The monoisotopic (exact) mass is 399 g/mol. The van der Waals surface area contributed by atoms with E-state index in [0.717, 1.165) is 27.9 Å². The number of benzene rings is 2. The minimum atomic E-state index is -0.293. The van der Waals surface area contributed by atoms with E-state index in [4.69, 9.17) is 9.97 Å². The highest BCUT2D eigenvalue weighted by atomic mass is 19.1. The van der Waals surface area contributed by atoms with Gasteiger partial charge in [-0.05, 0) is 49.7 Å². The highest BCUT2D eigenvalue weighted by Crippen LogP contribution is 2.31. The lowest BCUT2D eigenvalue weighted by atomic mass is 10.0. The molecule has 148 valence electrons. The van der Waals surface area contributed by atoms with Crippen LogP contribution in [0, 0.1) is 12.7 Å². The molecule has 0 aliphatic rings. The minimum absolute atomic E-state index is 0.239. The molecule has 0 aliphatic carbocycles. The van der Waals surface area contributed by atoms with Gasteiger partial charge in [0.15, 0.2) is 11.5 Å². The fourth-order valence-corrected chi connectivity index (χ4v) is 3.50. The lowest BCUT2D eigenvalue weighted by Gasteiger charge is -2.18. The highest BCUT2D eigenvalue weighted by Gasteiger charge is 2.19. The van der Waals surface area contributed by atoms with Crippen molar-refractivity contribution < 1.29 is 4.39 Å². The maximum absolute atomic E-state index is 13.5. The molecular weight excluding hydrogens is 381 g/mol. The number of rotatable bonds is 4. The van der Waals surface area contributed by atoms with Crippen molar-refractivity contribution >= 4 is 28.0 Å². The Morgan fingerprint density at radius 3 is 2.63 bits per heavy atom. The number of aryl methyl sites for hydroxylation is 1. The van der Waals surface area contributed by atoms with E-state index in [9.17, 15) is 4.39 Å². The number of nitrogens with one attached hydrogen (secondary N) is 2. The van der Waals surface area contributed by atoms with Crippen LogP contribution in [0.4, 0.5) is 10.2 Å². The highest BCUT2D eigenvalue weighted by molar-refractivity contribution is 5.83. The lowest BCUT2D eigenvalue weighted by molar-refractivity contribution is 0.628. The zero-order chi connectivity index (χ0) is 20.7. The number of aromatic amines is 1. The van der Waals surface area contributed by atoms with Gasteiger partial charge in [-0.2, -0.15) is 0 Å². The van der Waals surface area contributed by atoms with Gasteiger partial charge >= 0.3 is 0 Å². The number of hydrogen-bond acceptors (Lipinski definition) is 6. The molecule has 0 amide bonds. The van der Waals surface area contributed by atoms with Crippen LogP contribution < -0.4 is 5.32 Å². The second-order valence-electron chi connectivity index (χ2n) is 7.10. The summed E-state index contributed by atoms with van der Waals surface area (Å²) in [6.45, 7) is 3.99. The molecule has 5 aromatic rings. The zero-order valence-corrected chi connectivity index (χ0v) is 16.4. The Balaban J connectivity index is 1.65. The molecule has 0 bridgehead atoms. The largest absolute Gasteiger partial charge is 0.360 e. The number of nitrogens with zero attached hydrogens (tertiary/aromatic N) is 5. The number of H-pyrrole nitrogens is 1. The first-order chi connectivity index (χ1) is 14.6. The molecular formula is C22H18FN7. The van der Waals surface area contributed by atoms with E-state index in [1.165, 1.54) is 18.5 Å². The Morgan fingerprint density at radius 2 is 1.80 bits per heavy atom. The summed E-state index contributed by atoms with van der Waals surface area (Å²) in [6.07, 6.45) is 3.06. The summed E-state index contributed by atoms with van der Waals surface area (Å²) in [5.41, 5.74) is 6.19. The van der Waals surface area contributed by atoms with Gasteiger partial charge in [-0.1, -0.05) is 12.1 Å². The van der Waals surface area contributed by atoms with Crippen LogP contribution in [0.1, 0.15) is 24.2 Å². The van der Waals surface area contributed by atoms with Crippen molar-refractivity contribution in [3.05, 3.63) is 72.2 Å². The molecule has 7 nitrogen and oxygen atoms in total. The van der Waals surface area contributed by atoms with Gasteiger partial charge in [0, 0.05) is 5.56 Å². The molecule has 0 saturated heterocycles. The van der Waals surface area contributed by atoms with E-state index in [1.54, 1.807) is 18.5 Å². The van der Waals surface area contributed by atoms with Crippen molar-refractivity contribution in [1.82, 2.24) is 29.9 Å². The van der Waals surface area contributed by atoms with Gasteiger partial charge in [0.25, 0.3) is 0 Å². The van der Waals surface area contributed by atoms with Gasteiger partial charge in [-0.25, -0.2) is 29.3 Å². The van der Waals surface area contributed by atoms with Crippen LogP contribution in [0.3, 0.4) is 0 Å². The van der Waals surface area contributed by atoms with Crippen molar-refractivity contribution in [2.24, 2.45) is 0 Å². The summed E-state index contributed by atoms with van der Waals surface area (Å²) in [5.74, 6) is 0.309. The van der Waals surface area contributed by atoms with E-state index in [-0.39, 0.29) is 11.9 Å². The summed E-state index contributed by atoms with van der Waals surface area (Å²) >= 11 is 0. The molecule has 0 radical (unpaired) electrons. The van der Waals surface area contributed by atoms with Crippen LogP contribution in [0.5, 0.6) is 0 Å². The van der Waals surface area contributed by atoms with Gasteiger partial charge < -0.3 is 10.3 Å². The number of aromatic nitrogens is 6. The molecule has 30 heavy (non-hydrogen) atoms. The molecule has 0 spiro atoms. The number of para-hydroxylation sites is 1. The Labute approximate surface area is 171 Å². The average Bonchev–Trinajstić information content (AvgIpc) is 3.24. The summed E-state index contributed by atoms with van der Waals surface area (Å²) in [7, 11) is 0. The number of imidazole rings is 1. The first-order valence-electron chi connectivity index (χ1n) is 9.54. The van der Waals surface area contributed by atoms with Crippen molar-refractivity contribution in [1.29, 1.82) is 0 Å². The third-order valence-corrected chi connectivity index (χ3v) is 5.02. The van der Waals surface area contributed by atoms with Crippen molar-refractivity contribution in [2.45, 2.75) is 19.9 Å². The number of hydrogen-bond donors (Lipinski definition) is 2. The smallest absolute Gasteiger partial charge is 0.162 e. The fraction of sp³-hybridized carbons (Fsp3) is 0.136. The second kappa shape index (κ2) is 7.14. The van der Waals surface area contributed by atoms with Crippen LogP contribution in [0.25, 0.3) is 33.5 Å². The zero-order valence-electron chi connectivity index (χ0n) is 16.4. The SMILES string of the molecule is Cc1cccc2nc(C(C)Nc3ncnc4[nH]cnc34)c(-c3ccc(F)cc3)nc12. The third-order valence-electron chi connectivity index (χ3n) is 5.02. The van der Waals surface area contributed by atoms with E-state index in [0.29, 0.717) is 22.7 Å². The summed E-state index contributed by atoms with van der Waals surface area (Å²) in [6, 6.07) is 12.0. The summed E-state index contributed by atoms with van der Waals surface area (Å²) in [5, 5.41) is 3.38. The molecule has 0 aliphatic heterocycles. The Hall–Kier alpha value is -3.94.